The fourth-order valence-electron chi connectivity index (χ4n) is 3.23. The highest BCUT2D eigenvalue weighted by atomic mass is 19.1. The number of amides is 1. The predicted octanol–water partition coefficient (Wildman–Crippen LogP) is 3.05. The minimum Gasteiger partial charge on any atom is -0.357 e. The van der Waals surface area contributed by atoms with Gasteiger partial charge in [0.15, 0.2) is 5.96 Å². The summed E-state index contributed by atoms with van der Waals surface area (Å²) < 4.78 is 13.3. The lowest BCUT2D eigenvalue weighted by Gasteiger charge is -2.24. The molecular formula is C21H25FN4O. The Labute approximate surface area is 159 Å². The van der Waals surface area contributed by atoms with Crippen LogP contribution in [0.2, 0.25) is 0 Å². The summed E-state index contributed by atoms with van der Waals surface area (Å²) in [6, 6.07) is 14.5. The number of carbonyl (C=O) groups is 1. The van der Waals surface area contributed by atoms with E-state index in [1.54, 1.807) is 12.1 Å². The van der Waals surface area contributed by atoms with Crippen molar-refractivity contribution in [3.8, 4) is 0 Å². The van der Waals surface area contributed by atoms with Crippen molar-refractivity contribution in [2.24, 2.45) is 4.99 Å². The van der Waals surface area contributed by atoms with E-state index in [0.29, 0.717) is 31.9 Å². The Kier molecular flexibility index (Phi) is 6.41. The first kappa shape index (κ1) is 18.9. The highest BCUT2D eigenvalue weighted by Gasteiger charge is 2.24. The van der Waals surface area contributed by atoms with Crippen molar-refractivity contribution in [3.63, 3.8) is 0 Å². The number of benzene rings is 2. The van der Waals surface area contributed by atoms with Crippen molar-refractivity contribution < 1.29 is 9.18 Å². The van der Waals surface area contributed by atoms with Crippen molar-refractivity contribution in [3.05, 3.63) is 65.5 Å². The summed E-state index contributed by atoms with van der Waals surface area (Å²) in [6.45, 7) is 3.93. The number of fused-ring (bicyclic) bond motifs is 1. The van der Waals surface area contributed by atoms with E-state index in [1.165, 1.54) is 6.07 Å². The molecule has 0 radical (unpaired) electrons. The molecule has 3 N–H and O–H groups in total. The average Bonchev–Trinajstić information content (AvgIpc) is 2.66. The summed E-state index contributed by atoms with van der Waals surface area (Å²) in [5.74, 6) is 0.575. The van der Waals surface area contributed by atoms with Gasteiger partial charge in [0.2, 0.25) is 5.91 Å². The van der Waals surface area contributed by atoms with Gasteiger partial charge < -0.3 is 16.0 Å². The molecule has 3 rings (SSSR count). The number of halogens is 1. The van der Waals surface area contributed by atoms with Gasteiger partial charge in [-0.25, -0.2) is 4.39 Å². The minimum absolute atomic E-state index is 0.0259. The number of para-hydroxylation sites is 1. The quantitative estimate of drug-likeness (QED) is 0.542. The van der Waals surface area contributed by atoms with Crippen LogP contribution in [0.15, 0.2) is 53.5 Å². The minimum atomic E-state index is -0.220. The molecule has 0 saturated heterocycles. The standard InChI is InChI=1S/C21H25FN4O/c1-2-23-21(24-11-10-15-6-5-7-17(22)12-15)25-14-16-13-20(27)26-19-9-4-3-8-18(16)19/h3-9,12,16H,2,10-11,13-14H2,1H3,(H,26,27)(H2,23,24,25). The SMILES string of the molecule is CCNC(=NCC1CC(=O)Nc2ccccc21)NCCc1cccc(F)c1. The Morgan fingerprint density at radius 1 is 1.22 bits per heavy atom. The third-order valence-electron chi connectivity index (χ3n) is 4.52. The maximum Gasteiger partial charge on any atom is 0.225 e. The van der Waals surface area contributed by atoms with Gasteiger partial charge in [-0.2, -0.15) is 0 Å². The van der Waals surface area contributed by atoms with Gasteiger partial charge in [0, 0.05) is 31.1 Å². The highest BCUT2D eigenvalue weighted by molar-refractivity contribution is 5.94. The number of aliphatic imine (C=N–C) groups is 1. The number of carbonyl (C=O) groups excluding carboxylic acids is 1. The van der Waals surface area contributed by atoms with Gasteiger partial charge in [-0.05, 0) is 42.7 Å². The van der Waals surface area contributed by atoms with Crippen molar-refractivity contribution in [1.29, 1.82) is 0 Å². The van der Waals surface area contributed by atoms with Gasteiger partial charge in [-0.3, -0.25) is 9.79 Å². The fourth-order valence-corrected chi connectivity index (χ4v) is 3.23. The predicted molar refractivity (Wildman–Crippen MR) is 107 cm³/mol. The Hall–Kier alpha value is -2.89. The van der Waals surface area contributed by atoms with Crippen LogP contribution in [0.25, 0.3) is 0 Å². The maximum absolute atomic E-state index is 13.3. The second kappa shape index (κ2) is 9.16. The van der Waals surface area contributed by atoms with Crippen LogP contribution >= 0.6 is 0 Å². The first-order valence-electron chi connectivity index (χ1n) is 9.31. The summed E-state index contributed by atoms with van der Waals surface area (Å²) in [6.07, 6.45) is 1.14. The van der Waals surface area contributed by atoms with Gasteiger partial charge in [0.05, 0.1) is 6.54 Å². The summed E-state index contributed by atoms with van der Waals surface area (Å²) in [7, 11) is 0. The van der Waals surface area contributed by atoms with E-state index in [2.05, 4.69) is 20.9 Å². The molecule has 0 aromatic heterocycles. The topological polar surface area (TPSA) is 65.5 Å². The third kappa shape index (κ3) is 5.29. The Bertz CT molecular complexity index is 821. The molecule has 5 nitrogen and oxygen atoms in total. The van der Waals surface area contributed by atoms with E-state index in [-0.39, 0.29) is 17.6 Å². The van der Waals surface area contributed by atoms with E-state index < -0.39 is 0 Å². The second-order valence-electron chi connectivity index (χ2n) is 6.56. The zero-order valence-corrected chi connectivity index (χ0v) is 15.5. The molecule has 1 amide bonds. The number of hydrogen-bond acceptors (Lipinski definition) is 2. The summed E-state index contributed by atoms with van der Waals surface area (Å²) in [4.78, 5) is 16.6. The Balaban J connectivity index is 1.61. The zero-order valence-electron chi connectivity index (χ0n) is 15.5. The normalized spacial score (nSPS) is 16.4. The van der Waals surface area contributed by atoms with Crippen LogP contribution in [0.1, 0.15) is 30.4 Å². The molecule has 1 aliphatic heterocycles. The second-order valence-corrected chi connectivity index (χ2v) is 6.56. The number of anilines is 1. The molecule has 142 valence electrons. The molecule has 6 heteroatoms. The molecule has 0 saturated carbocycles. The smallest absolute Gasteiger partial charge is 0.225 e. The van der Waals surface area contributed by atoms with Crippen molar-refractivity contribution in [2.45, 2.75) is 25.7 Å². The van der Waals surface area contributed by atoms with Gasteiger partial charge in [-0.1, -0.05) is 30.3 Å². The first-order valence-corrected chi connectivity index (χ1v) is 9.31. The number of guanidine groups is 1. The number of hydrogen-bond donors (Lipinski definition) is 3. The van der Waals surface area contributed by atoms with E-state index >= 15 is 0 Å². The summed E-state index contributed by atoms with van der Waals surface area (Å²) in [5, 5.41) is 9.41. The molecular weight excluding hydrogens is 343 g/mol. The van der Waals surface area contributed by atoms with Crippen LogP contribution in [-0.2, 0) is 11.2 Å². The molecule has 0 aliphatic carbocycles. The summed E-state index contributed by atoms with van der Waals surface area (Å²) >= 11 is 0. The Morgan fingerprint density at radius 2 is 2.07 bits per heavy atom. The number of rotatable bonds is 6. The third-order valence-corrected chi connectivity index (χ3v) is 4.52. The molecule has 1 aliphatic rings. The van der Waals surface area contributed by atoms with Gasteiger partial charge >= 0.3 is 0 Å². The fraction of sp³-hybridized carbons (Fsp3) is 0.333. The van der Waals surface area contributed by atoms with Gasteiger partial charge in [-0.15, -0.1) is 0 Å². The van der Waals surface area contributed by atoms with E-state index in [1.807, 2.05) is 37.3 Å². The molecule has 2 aromatic rings. The van der Waals surface area contributed by atoms with Crippen LogP contribution < -0.4 is 16.0 Å². The maximum atomic E-state index is 13.3. The monoisotopic (exact) mass is 368 g/mol. The van der Waals surface area contributed by atoms with Crippen LogP contribution in [-0.4, -0.2) is 31.5 Å². The highest BCUT2D eigenvalue weighted by Crippen LogP contribution is 2.31. The number of nitrogens with zero attached hydrogens (tertiary/aromatic N) is 1. The van der Waals surface area contributed by atoms with Crippen LogP contribution in [0.3, 0.4) is 0 Å². The summed E-state index contributed by atoms with van der Waals surface area (Å²) in [5.41, 5.74) is 2.94. The zero-order chi connectivity index (χ0) is 19.1. The van der Waals surface area contributed by atoms with E-state index in [0.717, 1.165) is 23.4 Å². The molecule has 0 bridgehead atoms. The first-order chi connectivity index (χ1) is 13.2. The van der Waals surface area contributed by atoms with Crippen molar-refractivity contribution in [1.82, 2.24) is 10.6 Å². The number of nitrogens with one attached hydrogen (secondary N) is 3. The molecule has 27 heavy (non-hydrogen) atoms. The lowest BCUT2D eigenvalue weighted by atomic mass is 9.91. The van der Waals surface area contributed by atoms with Crippen LogP contribution in [0.5, 0.6) is 0 Å². The molecule has 0 spiro atoms. The average molecular weight is 368 g/mol. The molecule has 1 unspecified atom stereocenters. The van der Waals surface area contributed by atoms with Crippen molar-refractivity contribution >= 4 is 17.6 Å². The lowest BCUT2D eigenvalue weighted by Crippen LogP contribution is -2.38. The van der Waals surface area contributed by atoms with E-state index in [4.69, 9.17) is 0 Å². The van der Waals surface area contributed by atoms with Crippen molar-refractivity contribution in [2.75, 3.05) is 25.0 Å². The van der Waals surface area contributed by atoms with Crippen LogP contribution in [0.4, 0.5) is 10.1 Å². The largest absolute Gasteiger partial charge is 0.357 e. The van der Waals surface area contributed by atoms with Crippen LogP contribution in [0, 0.1) is 5.82 Å². The van der Waals surface area contributed by atoms with Gasteiger partial charge in [0.1, 0.15) is 5.82 Å². The Morgan fingerprint density at radius 3 is 2.89 bits per heavy atom. The molecule has 1 heterocycles. The molecule has 2 aromatic carbocycles. The molecule has 1 atom stereocenters. The van der Waals surface area contributed by atoms with E-state index in [9.17, 15) is 9.18 Å². The lowest BCUT2D eigenvalue weighted by molar-refractivity contribution is -0.116. The van der Waals surface area contributed by atoms with Gasteiger partial charge in [0.25, 0.3) is 0 Å². The molecule has 0 fully saturated rings.